The molecular formula is C26H28N10O3. The topological polar surface area (TPSA) is 143 Å². The van der Waals surface area contributed by atoms with Gasteiger partial charge in [-0.1, -0.05) is 30.3 Å². The number of piperazine rings is 1. The third-order valence-electron chi connectivity index (χ3n) is 6.89. The molecule has 13 nitrogen and oxygen atoms in total. The number of methoxy groups -OCH3 is 1. The van der Waals surface area contributed by atoms with Gasteiger partial charge < -0.3 is 24.6 Å². The zero-order valence-corrected chi connectivity index (χ0v) is 21.8. The van der Waals surface area contributed by atoms with Gasteiger partial charge in [0, 0.05) is 50.6 Å². The van der Waals surface area contributed by atoms with Crippen LogP contribution in [-0.2, 0) is 11.8 Å². The number of aliphatic hydroxyl groups excluding tert-OH is 1. The average Bonchev–Trinajstić information content (AvgIpc) is 3.71. The fraction of sp³-hybridized carbons (Fsp3) is 0.308. The molecule has 1 fully saturated rings. The Morgan fingerprint density at radius 2 is 1.82 bits per heavy atom. The zero-order valence-electron chi connectivity index (χ0n) is 21.8. The van der Waals surface area contributed by atoms with Crippen molar-refractivity contribution in [3.8, 4) is 22.8 Å². The van der Waals surface area contributed by atoms with Gasteiger partial charge in [0.1, 0.15) is 23.6 Å². The first-order valence-electron chi connectivity index (χ1n) is 12.6. The summed E-state index contributed by atoms with van der Waals surface area (Å²) in [5.74, 6) is 1.93. The molecule has 1 unspecified atom stereocenters. The van der Waals surface area contributed by atoms with Crippen LogP contribution in [0.2, 0.25) is 0 Å². The second-order valence-electron chi connectivity index (χ2n) is 9.32. The molecule has 0 bridgehead atoms. The number of ether oxygens (including phenoxy) is 1. The Morgan fingerprint density at radius 3 is 2.51 bits per heavy atom. The maximum atomic E-state index is 13.5. The molecule has 39 heavy (non-hydrogen) atoms. The summed E-state index contributed by atoms with van der Waals surface area (Å²) in [7, 11) is 3.32. The number of rotatable bonds is 6. The predicted molar refractivity (Wildman–Crippen MR) is 142 cm³/mol. The highest BCUT2D eigenvalue weighted by Gasteiger charge is 2.32. The minimum atomic E-state index is -1.39. The van der Waals surface area contributed by atoms with Gasteiger partial charge in [-0.05, 0) is 6.92 Å². The fourth-order valence-electron chi connectivity index (χ4n) is 4.96. The van der Waals surface area contributed by atoms with E-state index in [-0.39, 0.29) is 5.91 Å². The summed E-state index contributed by atoms with van der Waals surface area (Å²) >= 11 is 0. The lowest BCUT2D eigenvalue weighted by Gasteiger charge is -2.36. The van der Waals surface area contributed by atoms with E-state index >= 15 is 0 Å². The van der Waals surface area contributed by atoms with Crippen molar-refractivity contribution in [2.75, 3.05) is 38.2 Å². The van der Waals surface area contributed by atoms with E-state index < -0.39 is 6.10 Å². The quantitative estimate of drug-likeness (QED) is 0.336. The maximum absolute atomic E-state index is 13.5. The van der Waals surface area contributed by atoms with Gasteiger partial charge in [-0.2, -0.15) is 15.0 Å². The van der Waals surface area contributed by atoms with Crippen LogP contribution in [0.1, 0.15) is 17.5 Å². The number of amides is 1. The van der Waals surface area contributed by atoms with E-state index in [1.807, 2.05) is 30.3 Å². The summed E-state index contributed by atoms with van der Waals surface area (Å²) in [6, 6.07) is 9.91. The van der Waals surface area contributed by atoms with Crippen molar-refractivity contribution in [1.82, 2.24) is 44.6 Å². The van der Waals surface area contributed by atoms with E-state index in [0.717, 1.165) is 17.1 Å². The number of hydrogen-bond donors (Lipinski definition) is 2. The fourth-order valence-corrected chi connectivity index (χ4v) is 4.96. The number of carbonyl (C=O) groups excluding carboxylic acids is 1. The molecule has 1 saturated heterocycles. The van der Waals surface area contributed by atoms with Crippen molar-refractivity contribution in [2.24, 2.45) is 7.05 Å². The van der Waals surface area contributed by atoms with Gasteiger partial charge in [-0.3, -0.25) is 4.79 Å². The van der Waals surface area contributed by atoms with Gasteiger partial charge in [0.2, 0.25) is 0 Å². The summed E-state index contributed by atoms with van der Waals surface area (Å²) < 4.78 is 7.07. The molecule has 0 spiro atoms. The highest BCUT2D eigenvalue weighted by molar-refractivity contribution is 5.97. The van der Waals surface area contributed by atoms with Crippen LogP contribution in [-0.4, -0.2) is 88.9 Å². The van der Waals surface area contributed by atoms with Crippen molar-refractivity contribution >= 4 is 22.6 Å². The van der Waals surface area contributed by atoms with Gasteiger partial charge in [-0.25, -0.2) is 14.6 Å². The summed E-state index contributed by atoms with van der Waals surface area (Å²) in [5, 5.41) is 25.3. The van der Waals surface area contributed by atoms with Gasteiger partial charge in [0.25, 0.3) is 5.91 Å². The normalized spacial score (nSPS) is 14.7. The number of aryl methyl sites for hydroxylation is 2. The van der Waals surface area contributed by atoms with Crippen LogP contribution in [0, 0.1) is 6.92 Å². The molecule has 1 aliphatic rings. The van der Waals surface area contributed by atoms with Crippen LogP contribution in [0.4, 0.5) is 5.82 Å². The number of anilines is 1. The van der Waals surface area contributed by atoms with Crippen molar-refractivity contribution in [1.29, 1.82) is 0 Å². The number of pyridine rings is 1. The third-order valence-corrected chi connectivity index (χ3v) is 6.89. The maximum Gasteiger partial charge on any atom is 0.256 e. The second-order valence-corrected chi connectivity index (χ2v) is 9.32. The summed E-state index contributed by atoms with van der Waals surface area (Å²) in [5.41, 5.74) is 2.78. The van der Waals surface area contributed by atoms with Crippen molar-refractivity contribution < 1.29 is 14.6 Å². The van der Waals surface area contributed by atoms with E-state index in [2.05, 4.69) is 35.1 Å². The molecule has 4 aromatic heterocycles. The van der Waals surface area contributed by atoms with E-state index in [9.17, 15) is 9.90 Å². The molecule has 5 heterocycles. The zero-order chi connectivity index (χ0) is 27.1. The molecule has 1 amide bonds. The van der Waals surface area contributed by atoms with Crippen molar-refractivity contribution in [2.45, 2.75) is 13.0 Å². The largest absolute Gasteiger partial charge is 0.494 e. The first kappa shape index (κ1) is 24.6. The number of aromatic amines is 1. The Kier molecular flexibility index (Phi) is 6.19. The Bertz CT molecular complexity index is 1630. The molecule has 0 aliphatic carbocycles. The van der Waals surface area contributed by atoms with E-state index in [4.69, 9.17) is 4.74 Å². The molecule has 1 aliphatic heterocycles. The van der Waals surface area contributed by atoms with E-state index in [1.54, 1.807) is 47.1 Å². The third kappa shape index (κ3) is 4.36. The molecular weight excluding hydrogens is 500 g/mol. The SMILES string of the molecule is COc1cnc(-n2cnc(C)n2)c2[nH]cc(C(O)C(=O)N3CCN(c4nn(C)nc4-c4ccccc4)CC3)c12. The molecule has 6 rings (SSSR count). The number of hydrogen-bond acceptors (Lipinski definition) is 9. The van der Waals surface area contributed by atoms with Gasteiger partial charge in [0.05, 0.1) is 24.2 Å². The van der Waals surface area contributed by atoms with Crippen LogP contribution in [0.25, 0.3) is 28.0 Å². The van der Waals surface area contributed by atoms with Crippen molar-refractivity contribution in [3.63, 3.8) is 0 Å². The number of H-pyrrole nitrogens is 1. The lowest BCUT2D eigenvalue weighted by Crippen LogP contribution is -2.50. The molecule has 1 aromatic carbocycles. The number of carbonyl (C=O) groups is 1. The predicted octanol–water partition coefficient (Wildman–Crippen LogP) is 1.64. The second kappa shape index (κ2) is 9.83. The number of nitrogens with zero attached hydrogens (tertiary/aromatic N) is 9. The van der Waals surface area contributed by atoms with E-state index in [1.165, 1.54) is 7.11 Å². The molecule has 2 N–H and O–H groups in total. The lowest BCUT2D eigenvalue weighted by molar-refractivity contribution is -0.140. The lowest BCUT2D eigenvalue weighted by atomic mass is 10.1. The first-order chi connectivity index (χ1) is 18.9. The Balaban J connectivity index is 1.23. The molecule has 200 valence electrons. The number of fused-ring (bicyclic) bond motifs is 1. The van der Waals surface area contributed by atoms with Crippen LogP contribution < -0.4 is 9.64 Å². The minimum absolute atomic E-state index is 0.380. The molecule has 0 saturated carbocycles. The van der Waals surface area contributed by atoms with Gasteiger partial charge in [-0.15, -0.1) is 5.10 Å². The monoisotopic (exact) mass is 528 g/mol. The van der Waals surface area contributed by atoms with E-state index in [0.29, 0.717) is 60.0 Å². The standard InChI is InChI=1S/C26H28N10O3/c1-16-29-15-36(30-16)24-22-20(19(39-3)14-28-24)18(13-27-22)23(37)26(38)35-11-9-34(10-12-35)25-21(31-33(2)32-25)17-7-5-4-6-8-17/h4-8,13-15,23,27,37H,9-12H2,1-3H3. The van der Waals surface area contributed by atoms with Crippen LogP contribution >= 0.6 is 0 Å². The molecule has 1 atom stereocenters. The Hall–Kier alpha value is -4.78. The van der Waals surface area contributed by atoms with Gasteiger partial charge >= 0.3 is 0 Å². The van der Waals surface area contributed by atoms with Crippen LogP contribution in [0.15, 0.2) is 49.1 Å². The minimum Gasteiger partial charge on any atom is -0.494 e. The number of aromatic nitrogens is 8. The Labute approximate surface area is 223 Å². The first-order valence-corrected chi connectivity index (χ1v) is 12.6. The smallest absolute Gasteiger partial charge is 0.256 e. The molecule has 5 aromatic rings. The Morgan fingerprint density at radius 1 is 1.05 bits per heavy atom. The molecule has 0 radical (unpaired) electrons. The highest BCUT2D eigenvalue weighted by Crippen LogP contribution is 2.35. The van der Waals surface area contributed by atoms with Crippen LogP contribution in [0.3, 0.4) is 0 Å². The number of aliphatic hydroxyl groups is 1. The number of benzene rings is 1. The number of nitrogens with one attached hydrogen (secondary N) is 1. The van der Waals surface area contributed by atoms with Crippen molar-refractivity contribution in [3.05, 3.63) is 60.4 Å². The summed E-state index contributed by atoms with van der Waals surface area (Å²) in [6.07, 6.45) is 3.34. The van der Waals surface area contributed by atoms with Gasteiger partial charge in [0.15, 0.2) is 17.7 Å². The summed E-state index contributed by atoms with van der Waals surface area (Å²) in [4.78, 5) is 30.6. The summed E-state index contributed by atoms with van der Waals surface area (Å²) in [6.45, 7) is 3.78. The average molecular weight is 529 g/mol. The molecule has 13 heteroatoms. The van der Waals surface area contributed by atoms with Crippen LogP contribution in [0.5, 0.6) is 5.75 Å². The highest BCUT2D eigenvalue weighted by atomic mass is 16.5.